The van der Waals surface area contributed by atoms with Crippen LogP contribution < -0.4 is 11.1 Å². The average molecular weight is 263 g/mol. The van der Waals surface area contributed by atoms with Gasteiger partial charge in [-0.25, -0.2) is 4.68 Å². The summed E-state index contributed by atoms with van der Waals surface area (Å²) in [5.41, 5.74) is 4.81. The fourth-order valence-corrected chi connectivity index (χ4v) is 1.34. The number of rotatable bonds is 5. The SMILES string of the molecule is CCC(C)(O)CNc1nc(N)nc(-n2cccn2)n1. The molecule has 0 aliphatic heterocycles. The fraction of sp³-hybridized carbons (Fsp3) is 0.455. The molecular formula is C11H17N7O. The summed E-state index contributed by atoms with van der Waals surface area (Å²) in [6.07, 6.45) is 3.95. The second-order valence-electron chi connectivity index (χ2n) is 4.47. The molecule has 4 N–H and O–H groups in total. The quantitative estimate of drug-likeness (QED) is 0.706. The van der Waals surface area contributed by atoms with E-state index in [1.165, 1.54) is 4.68 Å². The van der Waals surface area contributed by atoms with E-state index in [9.17, 15) is 5.11 Å². The van der Waals surface area contributed by atoms with E-state index in [2.05, 4.69) is 25.4 Å². The molecule has 8 nitrogen and oxygen atoms in total. The minimum absolute atomic E-state index is 0.0964. The van der Waals surface area contributed by atoms with Crippen molar-refractivity contribution in [1.29, 1.82) is 0 Å². The predicted molar refractivity (Wildman–Crippen MR) is 70.8 cm³/mol. The average Bonchev–Trinajstić information content (AvgIpc) is 2.90. The monoisotopic (exact) mass is 263 g/mol. The molecule has 1 unspecified atom stereocenters. The molecule has 2 rings (SSSR count). The van der Waals surface area contributed by atoms with E-state index < -0.39 is 5.60 Å². The lowest BCUT2D eigenvalue weighted by atomic mass is 10.0. The van der Waals surface area contributed by atoms with Gasteiger partial charge in [0.15, 0.2) is 0 Å². The van der Waals surface area contributed by atoms with Gasteiger partial charge in [0.1, 0.15) is 0 Å². The maximum absolute atomic E-state index is 9.92. The summed E-state index contributed by atoms with van der Waals surface area (Å²) in [5, 5.41) is 16.9. The standard InChI is InChI=1S/C11H17N7O/c1-3-11(2,19)7-13-9-15-8(12)16-10(17-9)18-6-4-5-14-18/h4-6,19H,3,7H2,1-2H3,(H3,12,13,15,16,17). The number of aromatic nitrogens is 5. The Kier molecular flexibility index (Phi) is 3.61. The maximum atomic E-state index is 9.92. The van der Waals surface area contributed by atoms with Gasteiger partial charge < -0.3 is 16.2 Å². The second-order valence-corrected chi connectivity index (χ2v) is 4.47. The lowest BCUT2D eigenvalue weighted by molar-refractivity contribution is 0.0695. The summed E-state index contributed by atoms with van der Waals surface area (Å²) in [4.78, 5) is 12.2. The molecule has 1 atom stereocenters. The van der Waals surface area contributed by atoms with Crippen molar-refractivity contribution in [1.82, 2.24) is 24.7 Å². The van der Waals surface area contributed by atoms with Crippen LogP contribution in [0.5, 0.6) is 0 Å². The van der Waals surface area contributed by atoms with Gasteiger partial charge in [-0.2, -0.15) is 20.1 Å². The smallest absolute Gasteiger partial charge is 0.257 e. The third-order valence-electron chi connectivity index (χ3n) is 2.74. The number of nitrogens with zero attached hydrogens (tertiary/aromatic N) is 5. The normalized spacial score (nSPS) is 14.1. The molecule has 19 heavy (non-hydrogen) atoms. The highest BCUT2D eigenvalue weighted by Gasteiger charge is 2.18. The fourth-order valence-electron chi connectivity index (χ4n) is 1.34. The summed E-state index contributed by atoms with van der Waals surface area (Å²) in [6.45, 7) is 3.96. The maximum Gasteiger partial charge on any atom is 0.257 e. The van der Waals surface area contributed by atoms with Gasteiger partial charge in [-0.05, 0) is 19.4 Å². The van der Waals surface area contributed by atoms with E-state index in [1.54, 1.807) is 25.4 Å². The van der Waals surface area contributed by atoms with Crippen molar-refractivity contribution in [3.05, 3.63) is 18.5 Å². The summed E-state index contributed by atoms with van der Waals surface area (Å²) >= 11 is 0. The lowest BCUT2D eigenvalue weighted by Gasteiger charge is -2.21. The molecule has 0 aromatic carbocycles. The van der Waals surface area contributed by atoms with Crippen molar-refractivity contribution < 1.29 is 5.11 Å². The Morgan fingerprint density at radius 2 is 2.21 bits per heavy atom. The van der Waals surface area contributed by atoms with Crippen molar-refractivity contribution in [2.45, 2.75) is 25.9 Å². The van der Waals surface area contributed by atoms with Crippen molar-refractivity contribution in [3.8, 4) is 5.95 Å². The zero-order chi connectivity index (χ0) is 13.9. The van der Waals surface area contributed by atoms with Gasteiger partial charge in [0.2, 0.25) is 11.9 Å². The third kappa shape index (κ3) is 3.38. The highest BCUT2D eigenvalue weighted by Crippen LogP contribution is 2.11. The number of anilines is 2. The van der Waals surface area contributed by atoms with Gasteiger partial charge >= 0.3 is 0 Å². The van der Waals surface area contributed by atoms with Crippen molar-refractivity contribution in [2.75, 3.05) is 17.6 Å². The molecule has 0 saturated carbocycles. The highest BCUT2D eigenvalue weighted by atomic mass is 16.3. The number of nitrogens with one attached hydrogen (secondary N) is 1. The Morgan fingerprint density at radius 3 is 2.84 bits per heavy atom. The van der Waals surface area contributed by atoms with Crippen LogP contribution in [0.25, 0.3) is 5.95 Å². The molecule has 0 bridgehead atoms. The molecule has 2 aromatic rings. The minimum Gasteiger partial charge on any atom is -0.388 e. The van der Waals surface area contributed by atoms with Gasteiger partial charge in [0.05, 0.1) is 5.60 Å². The van der Waals surface area contributed by atoms with Crippen LogP contribution in [-0.2, 0) is 0 Å². The molecule has 102 valence electrons. The molecule has 0 aliphatic rings. The Bertz CT molecular complexity index is 538. The Hall–Kier alpha value is -2.22. The van der Waals surface area contributed by atoms with Gasteiger partial charge in [-0.1, -0.05) is 6.92 Å². The molecule has 2 heterocycles. The van der Waals surface area contributed by atoms with Crippen LogP contribution in [0.1, 0.15) is 20.3 Å². The van der Waals surface area contributed by atoms with E-state index in [4.69, 9.17) is 5.73 Å². The van der Waals surface area contributed by atoms with Gasteiger partial charge in [0.25, 0.3) is 5.95 Å². The molecule has 8 heteroatoms. The van der Waals surface area contributed by atoms with E-state index in [0.717, 1.165) is 0 Å². The van der Waals surface area contributed by atoms with Gasteiger partial charge in [0, 0.05) is 18.9 Å². The summed E-state index contributed by atoms with van der Waals surface area (Å²) in [7, 11) is 0. The summed E-state index contributed by atoms with van der Waals surface area (Å²) in [5.74, 6) is 0.738. The summed E-state index contributed by atoms with van der Waals surface area (Å²) in [6, 6.07) is 1.76. The first-order valence-corrected chi connectivity index (χ1v) is 5.98. The Morgan fingerprint density at radius 1 is 1.42 bits per heavy atom. The molecule has 2 aromatic heterocycles. The second kappa shape index (κ2) is 5.19. The van der Waals surface area contributed by atoms with E-state index in [0.29, 0.717) is 24.9 Å². The number of nitrogens with two attached hydrogens (primary N) is 1. The Balaban J connectivity index is 2.18. The van der Waals surface area contributed by atoms with Gasteiger partial charge in [-0.3, -0.25) is 0 Å². The number of nitrogen functional groups attached to an aromatic ring is 1. The minimum atomic E-state index is -0.826. The van der Waals surface area contributed by atoms with Crippen LogP contribution in [0.2, 0.25) is 0 Å². The van der Waals surface area contributed by atoms with E-state index in [-0.39, 0.29) is 5.95 Å². The first-order chi connectivity index (χ1) is 9.00. The number of hydrogen-bond acceptors (Lipinski definition) is 7. The lowest BCUT2D eigenvalue weighted by Crippen LogP contribution is -2.33. The van der Waals surface area contributed by atoms with Crippen molar-refractivity contribution in [3.63, 3.8) is 0 Å². The van der Waals surface area contributed by atoms with Crippen molar-refractivity contribution in [2.24, 2.45) is 0 Å². The van der Waals surface area contributed by atoms with Crippen LogP contribution in [0.15, 0.2) is 18.5 Å². The van der Waals surface area contributed by atoms with E-state index >= 15 is 0 Å². The highest BCUT2D eigenvalue weighted by molar-refractivity contribution is 5.35. The van der Waals surface area contributed by atoms with Crippen LogP contribution >= 0.6 is 0 Å². The molecule has 0 amide bonds. The predicted octanol–water partition coefficient (Wildman–Crippen LogP) is 0.212. The number of hydrogen-bond donors (Lipinski definition) is 3. The largest absolute Gasteiger partial charge is 0.388 e. The van der Waals surface area contributed by atoms with Crippen molar-refractivity contribution >= 4 is 11.9 Å². The van der Waals surface area contributed by atoms with Crippen LogP contribution in [0, 0.1) is 0 Å². The van der Waals surface area contributed by atoms with Gasteiger partial charge in [-0.15, -0.1) is 0 Å². The number of aliphatic hydroxyl groups is 1. The topological polar surface area (TPSA) is 115 Å². The van der Waals surface area contributed by atoms with E-state index in [1.807, 2.05) is 6.92 Å². The molecule has 0 spiro atoms. The Labute approximate surface area is 110 Å². The third-order valence-corrected chi connectivity index (χ3v) is 2.74. The molecule has 0 fully saturated rings. The molecule has 0 aliphatic carbocycles. The first-order valence-electron chi connectivity index (χ1n) is 5.98. The zero-order valence-corrected chi connectivity index (χ0v) is 10.9. The molecular weight excluding hydrogens is 246 g/mol. The zero-order valence-electron chi connectivity index (χ0n) is 10.9. The van der Waals surface area contributed by atoms with Crippen LogP contribution in [0.4, 0.5) is 11.9 Å². The summed E-state index contributed by atoms with van der Waals surface area (Å²) < 4.78 is 1.49. The van der Waals surface area contributed by atoms with Crippen LogP contribution in [-0.4, -0.2) is 42.0 Å². The first kappa shape index (κ1) is 13.2. The molecule has 0 radical (unpaired) electrons. The van der Waals surface area contributed by atoms with Crippen LogP contribution in [0.3, 0.4) is 0 Å². The molecule has 0 saturated heterocycles.